The molecule has 6 fully saturated rings. The number of ether oxygens (including phenoxy) is 8. The quantitative estimate of drug-likeness (QED) is 0.0160. The van der Waals surface area contributed by atoms with Crippen molar-refractivity contribution >= 4 is 67.7 Å². The zero-order valence-corrected chi connectivity index (χ0v) is 59.8. The molecule has 102 heavy (non-hydrogen) atoms. The number of aryl methyl sites for hydroxylation is 4. The average molecular weight is 1450 g/mol. The molecule has 2 saturated heterocycles. The fraction of sp³-hybridized carbons (Fsp3) is 0.421. The van der Waals surface area contributed by atoms with Crippen LogP contribution < -0.4 is 9.47 Å². The van der Waals surface area contributed by atoms with Gasteiger partial charge < -0.3 is 42.4 Å². The lowest BCUT2D eigenvalue weighted by Gasteiger charge is -2.25. The monoisotopic (exact) mass is 1450 g/mol. The summed E-state index contributed by atoms with van der Waals surface area (Å²) in [5, 5.41) is 21.3. The third kappa shape index (κ3) is 17.6. The van der Waals surface area contributed by atoms with Gasteiger partial charge in [0.25, 0.3) is 0 Å². The summed E-state index contributed by atoms with van der Waals surface area (Å²) in [6.45, 7) is 10.2. The van der Waals surface area contributed by atoms with Gasteiger partial charge in [0.1, 0.15) is 35.9 Å². The Hall–Kier alpha value is -9.21. The van der Waals surface area contributed by atoms with Crippen molar-refractivity contribution < 1.29 is 88.4 Å². The summed E-state index contributed by atoms with van der Waals surface area (Å²) < 4.78 is 100. The maximum absolute atomic E-state index is 13.0. The standard InChI is InChI=1S/2C30H29O5S.C16H22F2N4O7S/c2*1-18-13-23(36(21-9-5-3-6-10-21)22-11-7-4-8-12-22)14-19(2)27(18)33-17-26(31)34-28-20-15-24-25(16-20)30(32)35-29(24)28;1-4-28-12(23)5-7-14(2,9-19)21-22-15(3,10-20)8-6-13(24)29-11-16(17,18)30(25,26)27/h2*3-14,20,24-25,28-29H,15-17H2,1-2H3;4-8,11H2,1-3H3,(H,25,26,27)/q2*+1;/p-1. The number of carbonyl (C=O) groups excluding carboxylic acids is 6. The van der Waals surface area contributed by atoms with E-state index < -0.39 is 63.4 Å². The van der Waals surface area contributed by atoms with Gasteiger partial charge in [0.05, 0.1) is 52.4 Å². The average Bonchev–Trinajstić information content (AvgIpc) is 1.58. The van der Waals surface area contributed by atoms with Crippen molar-refractivity contribution in [3.05, 3.63) is 168 Å². The Morgan fingerprint density at radius 1 is 0.549 bits per heavy atom. The van der Waals surface area contributed by atoms with Gasteiger partial charge in [-0.05, 0) is 158 Å². The summed E-state index contributed by atoms with van der Waals surface area (Å²) in [4.78, 5) is 79.7. The van der Waals surface area contributed by atoms with Gasteiger partial charge in [-0.2, -0.15) is 29.5 Å². The molecule has 0 aromatic heterocycles. The molecule has 2 aliphatic heterocycles. The molecule has 4 aliphatic carbocycles. The summed E-state index contributed by atoms with van der Waals surface area (Å²) in [5.74, 6) is -0.628. The van der Waals surface area contributed by atoms with Crippen LogP contribution in [0.4, 0.5) is 8.78 Å². The topological polar surface area (TPSA) is 306 Å². The molecule has 6 aromatic rings. The minimum absolute atomic E-state index is 0.00586. The first kappa shape index (κ1) is 75.5. The van der Waals surface area contributed by atoms with E-state index in [-0.39, 0.29) is 133 Å². The molecule has 21 nitrogen and oxygen atoms in total. The van der Waals surface area contributed by atoms with E-state index in [9.17, 15) is 61.0 Å². The molecule has 12 rings (SSSR count). The number of hydrogen-bond donors (Lipinski definition) is 0. The molecule has 536 valence electrons. The van der Waals surface area contributed by atoms with Crippen molar-refractivity contribution in [1.29, 1.82) is 10.5 Å². The highest BCUT2D eigenvalue weighted by atomic mass is 32.2. The van der Waals surface area contributed by atoms with Crippen LogP contribution in [0, 0.1) is 85.9 Å². The lowest BCUT2D eigenvalue weighted by atomic mass is 9.88. The Bertz CT molecular complexity index is 3970. The SMILES string of the molecule is CCOC(=O)CCC(C)(C#N)N=NC(C)(C#N)CCC(=O)OCC(F)(F)S(=O)(=O)[O-].Cc1cc([S+](c2ccccc2)c2ccccc2)cc(C)c1OCC(=O)OC1C2CC3C(=O)OC1C3C2.Cc1cc([S+](c2ccccc2)c2ccccc2)cc(C)c1OCC(=O)OC1C2CC3C(=O)OC1C3C2. The maximum Gasteiger partial charge on any atom is 0.367 e. The molecule has 4 bridgehead atoms. The van der Waals surface area contributed by atoms with Crippen LogP contribution in [-0.2, 0) is 89.1 Å². The molecule has 26 heteroatoms. The fourth-order valence-electron chi connectivity index (χ4n) is 14.0. The predicted octanol–water partition coefficient (Wildman–Crippen LogP) is 12.3. The summed E-state index contributed by atoms with van der Waals surface area (Å²) in [5.41, 5.74) is 0.818. The smallest absolute Gasteiger partial charge is 0.367 e. The number of hydrogen-bond acceptors (Lipinski definition) is 21. The van der Waals surface area contributed by atoms with Crippen molar-refractivity contribution in [1.82, 2.24) is 0 Å². The van der Waals surface area contributed by atoms with E-state index in [1.165, 1.54) is 43.2 Å². The fourth-order valence-corrected chi connectivity index (χ4v) is 18.8. The van der Waals surface area contributed by atoms with Gasteiger partial charge in [0.2, 0.25) is 0 Å². The Morgan fingerprint density at radius 3 is 1.20 bits per heavy atom. The molecular formula is C76H79F2N4O17S3+. The van der Waals surface area contributed by atoms with Gasteiger partial charge in [-0.25, -0.2) is 18.0 Å². The van der Waals surface area contributed by atoms with Crippen molar-refractivity contribution in [2.75, 3.05) is 26.4 Å². The number of nitriles is 2. The largest absolute Gasteiger partial charge is 0.743 e. The third-order valence-corrected chi connectivity index (χ3v) is 24.2. The van der Waals surface area contributed by atoms with E-state index in [4.69, 9.17) is 33.2 Å². The number of halogens is 2. The number of azo groups is 1. The molecule has 2 heterocycles. The van der Waals surface area contributed by atoms with Crippen LogP contribution in [0.25, 0.3) is 0 Å². The van der Waals surface area contributed by atoms with E-state index in [1.807, 2.05) is 58.0 Å². The van der Waals surface area contributed by atoms with Gasteiger partial charge >= 0.3 is 41.1 Å². The highest BCUT2D eigenvalue weighted by molar-refractivity contribution is 7.97. The first-order chi connectivity index (χ1) is 48.6. The van der Waals surface area contributed by atoms with Gasteiger partial charge in [0, 0.05) is 60.8 Å². The first-order valence-electron chi connectivity index (χ1n) is 33.5. The number of alkyl halides is 2. The van der Waals surface area contributed by atoms with Gasteiger partial charge in [-0.1, -0.05) is 72.8 Å². The van der Waals surface area contributed by atoms with Crippen molar-refractivity contribution in [3.63, 3.8) is 0 Å². The second-order valence-corrected chi connectivity index (χ2v) is 32.0. The van der Waals surface area contributed by atoms with Crippen LogP contribution in [0.15, 0.2) is 185 Å². The molecule has 0 radical (unpaired) electrons. The predicted molar refractivity (Wildman–Crippen MR) is 365 cm³/mol. The van der Waals surface area contributed by atoms with Gasteiger partial charge in [0.15, 0.2) is 70.4 Å². The van der Waals surface area contributed by atoms with E-state index in [2.05, 4.69) is 136 Å². The van der Waals surface area contributed by atoms with Gasteiger partial charge in [-0.15, -0.1) is 0 Å². The highest BCUT2D eigenvalue weighted by Crippen LogP contribution is 2.57. The second kappa shape index (κ2) is 32.4. The lowest BCUT2D eigenvalue weighted by molar-refractivity contribution is -0.163. The number of rotatable bonds is 26. The van der Waals surface area contributed by atoms with E-state index in [0.29, 0.717) is 11.5 Å². The number of benzene rings is 6. The van der Waals surface area contributed by atoms with E-state index in [0.717, 1.165) is 47.9 Å². The first-order valence-corrected chi connectivity index (χ1v) is 37.4. The lowest BCUT2D eigenvalue weighted by Crippen LogP contribution is -2.37. The van der Waals surface area contributed by atoms with Crippen LogP contribution >= 0.6 is 0 Å². The van der Waals surface area contributed by atoms with Crippen molar-refractivity contribution in [2.45, 2.75) is 170 Å². The Balaban J connectivity index is 0.000000166. The van der Waals surface area contributed by atoms with Gasteiger partial charge in [-0.3, -0.25) is 19.2 Å². The number of esters is 6. The molecule has 12 atom stereocenters. The van der Waals surface area contributed by atoms with Crippen LogP contribution in [-0.4, -0.2) is 116 Å². The summed E-state index contributed by atoms with van der Waals surface area (Å²) in [6, 6.07) is 54.3. The maximum atomic E-state index is 13.0. The van der Waals surface area contributed by atoms with Crippen LogP contribution in [0.2, 0.25) is 0 Å². The number of fused-ring (bicyclic) bond motifs is 2. The highest BCUT2D eigenvalue weighted by Gasteiger charge is 2.64. The molecule has 12 unspecified atom stereocenters. The minimum Gasteiger partial charge on any atom is -0.743 e. The Morgan fingerprint density at radius 2 is 0.882 bits per heavy atom. The zero-order chi connectivity index (χ0) is 73.3. The van der Waals surface area contributed by atoms with E-state index in [1.54, 1.807) is 13.0 Å². The molecule has 6 aliphatic rings. The molecule has 6 aromatic carbocycles. The number of carbonyl (C=O) groups is 6. The third-order valence-electron chi connectivity index (χ3n) is 19.0. The molecule has 0 amide bonds. The van der Waals surface area contributed by atoms with Crippen LogP contribution in [0.1, 0.15) is 94.4 Å². The molecule has 0 spiro atoms. The van der Waals surface area contributed by atoms with Crippen molar-refractivity contribution in [2.24, 2.45) is 45.7 Å². The number of nitrogens with zero attached hydrogens (tertiary/aromatic N) is 4. The zero-order valence-electron chi connectivity index (χ0n) is 57.3. The normalized spacial score (nSPS) is 22.9. The van der Waals surface area contributed by atoms with Crippen LogP contribution in [0.5, 0.6) is 11.5 Å². The Labute approximate surface area is 597 Å². The molecular weight excluding hydrogens is 1380 g/mol. The summed E-state index contributed by atoms with van der Waals surface area (Å²) >= 11 is 0. The minimum atomic E-state index is -6.00. The molecule has 4 saturated carbocycles. The molecule has 0 N–H and O–H groups in total. The summed E-state index contributed by atoms with van der Waals surface area (Å²) in [6.07, 6.45) is 0.974. The van der Waals surface area contributed by atoms with Crippen molar-refractivity contribution in [3.8, 4) is 23.6 Å². The summed E-state index contributed by atoms with van der Waals surface area (Å²) in [7, 11) is -6.51. The Kier molecular flexibility index (Phi) is 24.0. The second-order valence-electron chi connectivity index (χ2n) is 26.5. The van der Waals surface area contributed by atoms with E-state index >= 15 is 0 Å². The van der Waals surface area contributed by atoms with Crippen LogP contribution in [0.3, 0.4) is 0 Å².